The molecule has 2 heteroatoms. The number of rotatable bonds is 2. The standard InChI is InChI=1S/C13H10BrN/c1-10(13-4-2-3-9-15-13)11-5-7-12(14)8-6-11/h2-9H,1H2. The molecule has 1 nitrogen and oxygen atoms in total. The van der Waals surface area contributed by atoms with Crippen molar-refractivity contribution in [2.45, 2.75) is 0 Å². The van der Waals surface area contributed by atoms with Gasteiger partial charge < -0.3 is 0 Å². The van der Waals surface area contributed by atoms with Crippen molar-refractivity contribution in [2.75, 3.05) is 0 Å². The highest BCUT2D eigenvalue weighted by Gasteiger charge is 2.02. The Morgan fingerprint density at radius 2 is 1.80 bits per heavy atom. The molecule has 0 radical (unpaired) electrons. The van der Waals surface area contributed by atoms with E-state index >= 15 is 0 Å². The average molecular weight is 260 g/mol. The van der Waals surface area contributed by atoms with Crippen molar-refractivity contribution >= 4 is 21.5 Å². The maximum absolute atomic E-state index is 4.27. The smallest absolute Gasteiger partial charge is 0.0701 e. The fourth-order valence-corrected chi connectivity index (χ4v) is 1.60. The van der Waals surface area contributed by atoms with Gasteiger partial charge in [-0.1, -0.05) is 40.7 Å². The van der Waals surface area contributed by atoms with Crippen molar-refractivity contribution < 1.29 is 0 Å². The van der Waals surface area contributed by atoms with Gasteiger partial charge in [0.1, 0.15) is 0 Å². The third kappa shape index (κ3) is 2.34. The maximum Gasteiger partial charge on any atom is 0.0701 e. The lowest BCUT2D eigenvalue weighted by atomic mass is 10.0. The van der Waals surface area contributed by atoms with Crippen molar-refractivity contribution in [1.29, 1.82) is 0 Å². The van der Waals surface area contributed by atoms with Gasteiger partial charge in [-0.15, -0.1) is 0 Å². The summed E-state index contributed by atoms with van der Waals surface area (Å²) in [6.45, 7) is 4.05. The van der Waals surface area contributed by atoms with Crippen LogP contribution in [0, 0.1) is 0 Å². The minimum atomic E-state index is 0.917. The van der Waals surface area contributed by atoms with E-state index in [4.69, 9.17) is 0 Å². The molecule has 0 unspecified atom stereocenters. The monoisotopic (exact) mass is 259 g/mol. The number of aromatic nitrogens is 1. The van der Waals surface area contributed by atoms with Crippen LogP contribution in [0.25, 0.3) is 5.57 Å². The van der Waals surface area contributed by atoms with Gasteiger partial charge in [-0.3, -0.25) is 4.98 Å². The van der Waals surface area contributed by atoms with Crippen LogP contribution < -0.4 is 0 Å². The Hall–Kier alpha value is -1.41. The van der Waals surface area contributed by atoms with E-state index in [0.717, 1.165) is 21.3 Å². The number of nitrogens with zero attached hydrogens (tertiary/aromatic N) is 1. The third-order valence-corrected chi connectivity index (χ3v) is 2.70. The Bertz CT molecular complexity index is 460. The largest absolute Gasteiger partial charge is 0.256 e. The minimum absolute atomic E-state index is 0.917. The third-order valence-electron chi connectivity index (χ3n) is 2.17. The lowest BCUT2D eigenvalue weighted by Crippen LogP contribution is -1.88. The molecule has 0 atom stereocenters. The Kier molecular flexibility index (Phi) is 2.97. The molecule has 2 rings (SSSR count). The zero-order valence-electron chi connectivity index (χ0n) is 8.15. The van der Waals surface area contributed by atoms with E-state index in [1.807, 2.05) is 42.5 Å². The SMILES string of the molecule is C=C(c1ccc(Br)cc1)c1ccccn1. The zero-order chi connectivity index (χ0) is 10.7. The predicted molar refractivity (Wildman–Crippen MR) is 66.5 cm³/mol. The summed E-state index contributed by atoms with van der Waals surface area (Å²) in [5.74, 6) is 0. The lowest BCUT2D eigenvalue weighted by Gasteiger charge is -2.04. The van der Waals surface area contributed by atoms with Crippen molar-refractivity contribution in [3.05, 3.63) is 71.0 Å². The molecule has 74 valence electrons. The fourth-order valence-electron chi connectivity index (χ4n) is 1.34. The average Bonchev–Trinajstić information content (AvgIpc) is 2.30. The molecule has 0 N–H and O–H groups in total. The van der Waals surface area contributed by atoms with Crippen molar-refractivity contribution in [3.63, 3.8) is 0 Å². The first-order chi connectivity index (χ1) is 7.27. The Morgan fingerprint density at radius 1 is 1.07 bits per heavy atom. The summed E-state index contributed by atoms with van der Waals surface area (Å²) in [6.07, 6.45) is 1.78. The number of benzene rings is 1. The number of hydrogen-bond acceptors (Lipinski definition) is 1. The van der Waals surface area contributed by atoms with Crippen LogP contribution in [0.3, 0.4) is 0 Å². The Labute approximate surface area is 97.6 Å². The fraction of sp³-hybridized carbons (Fsp3) is 0. The minimum Gasteiger partial charge on any atom is -0.256 e. The molecule has 0 saturated heterocycles. The van der Waals surface area contributed by atoms with Gasteiger partial charge in [0.25, 0.3) is 0 Å². The van der Waals surface area contributed by atoms with E-state index in [1.165, 1.54) is 0 Å². The Balaban J connectivity index is 2.33. The van der Waals surface area contributed by atoms with Crippen LogP contribution in [0.15, 0.2) is 59.7 Å². The molecule has 1 aromatic heterocycles. The summed E-state index contributed by atoms with van der Waals surface area (Å²) in [5, 5.41) is 0. The molecular formula is C13H10BrN. The van der Waals surface area contributed by atoms with Crippen LogP contribution in [0.1, 0.15) is 11.3 Å². The molecule has 0 aliphatic heterocycles. The van der Waals surface area contributed by atoms with Gasteiger partial charge in [-0.2, -0.15) is 0 Å². The quantitative estimate of drug-likeness (QED) is 0.797. The Morgan fingerprint density at radius 3 is 2.40 bits per heavy atom. The van der Waals surface area contributed by atoms with Gasteiger partial charge in [-0.05, 0) is 29.8 Å². The van der Waals surface area contributed by atoms with Crippen molar-refractivity contribution in [2.24, 2.45) is 0 Å². The first-order valence-corrected chi connectivity index (χ1v) is 5.43. The van der Waals surface area contributed by atoms with Gasteiger partial charge in [-0.25, -0.2) is 0 Å². The van der Waals surface area contributed by atoms with E-state index < -0.39 is 0 Å². The predicted octanol–water partition coefficient (Wildman–Crippen LogP) is 3.91. The molecule has 0 aliphatic carbocycles. The van der Waals surface area contributed by atoms with Crippen molar-refractivity contribution in [1.82, 2.24) is 4.98 Å². The molecule has 0 spiro atoms. The molecule has 1 heterocycles. The summed E-state index contributed by atoms with van der Waals surface area (Å²) in [6, 6.07) is 13.9. The van der Waals surface area contributed by atoms with Gasteiger partial charge >= 0.3 is 0 Å². The van der Waals surface area contributed by atoms with Gasteiger partial charge in [0.15, 0.2) is 0 Å². The topological polar surface area (TPSA) is 12.9 Å². The molecule has 0 fully saturated rings. The molecule has 1 aromatic carbocycles. The second-order valence-electron chi connectivity index (χ2n) is 3.20. The molecule has 0 saturated carbocycles. The van der Waals surface area contributed by atoms with Crippen LogP contribution in [0.2, 0.25) is 0 Å². The van der Waals surface area contributed by atoms with Gasteiger partial charge in [0, 0.05) is 16.2 Å². The van der Waals surface area contributed by atoms with E-state index in [1.54, 1.807) is 6.20 Å². The summed E-state index contributed by atoms with van der Waals surface area (Å²) >= 11 is 3.41. The van der Waals surface area contributed by atoms with E-state index in [0.29, 0.717) is 0 Å². The van der Waals surface area contributed by atoms with Gasteiger partial charge in [0.05, 0.1) is 5.69 Å². The number of hydrogen-bond donors (Lipinski definition) is 0. The summed E-state index contributed by atoms with van der Waals surface area (Å²) in [7, 11) is 0. The summed E-state index contributed by atoms with van der Waals surface area (Å²) < 4.78 is 1.07. The van der Waals surface area contributed by atoms with Crippen LogP contribution in [-0.4, -0.2) is 4.98 Å². The van der Waals surface area contributed by atoms with E-state index in [-0.39, 0.29) is 0 Å². The maximum atomic E-state index is 4.27. The highest BCUT2D eigenvalue weighted by molar-refractivity contribution is 9.10. The molecule has 2 aromatic rings. The van der Waals surface area contributed by atoms with E-state index in [2.05, 4.69) is 27.5 Å². The van der Waals surface area contributed by atoms with Crippen LogP contribution >= 0.6 is 15.9 Å². The number of halogens is 1. The summed E-state index contributed by atoms with van der Waals surface area (Å²) in [5.41, 5.74) is 2.96. The first kappa shape index (κ1) is 10.1. The van der Waals surface area contributed by atoms with E-state index in [9.17, 15) is 0 Å². The normalized spacial score (nSPS) is 9.93. The summed E-state index contributed by atoms with van der Waals surface area (Å²) in [4.78, 5) is 4.27. The highest BCUT2D eigenvalue weighted by Crippen LogP contribution is 2.21. The van der Waals surface area contributed by atoms with Crippen LogP contribution in [-0.2, 0) is 0 Å². The highest BCUT2D eigenvalue weighted by atomic mass is 79.9. The molecule has 0 bridgehead atoms. The zero-order valence-corrected chi connectivity index (χ0v) is 9.74. The van der Waals surface area contributed by atoms with Gasteiger partial charge in [0.2, 0.25) is 0 Å². The molecule has 0 aliphatic rings. The second-order valence-corrected chi connectivity index (χ2v) is 4.12. The first-order valence-electron chi connectivity index (χ1n) is 4.63. The lowest BCUT2D eigenvalue weighted by molar-refractivity contribution is 1.27. The molecular weight excluding hydrogens is 250 g/mol. The van der Waals surface area contributed by atoms with Crippen LogP contribution in [0.4, 0.5) is 0 Å². The molecule has 15 heavy (non-hydrogen) atoms. The molecule has 0 amide bonds. The van der Waals surface area contributed by atoms with Crippen LogP contribution in [0.5, 0.6) is 0 Å². The number of pyridine rings is 1. The second kappa shape index (κ2) is 4.41. The van der Waals surface area contributed by atoms with Crippen molar-refractivity contribution in [3.8, 4) is 0 Å².